The van der Waals surface area contributed by atoms with Crippen LogP contribution in [0.5, 0.6) is 0 Å². The van der Waals surface area contributed by atoms with Crippen molar-refractivity contribution in [2.75, 3.05) is 20.1 Å². The highest BCUT2D eigenvalue weighted by atomic mass is 15.2. The number of hydrogen-bond donors (Lipinski definition) is 2. The highest BCUT2D eigenvalue weighted by Gasteiger charge is 2.17. The summed E-state index contributed by atoms with van der Waals surface area (Å²) in [6.45, 7) is 9.55. The minimum absolute atomic E-state index is 0.303. The van der Waals surface area contributed by atoms with Crippen molar-refractivity contribution in [2.24, 2.45) is 10.4 Å². The molecule has 0 bridgehead atoms. The molecule has 0 amide bonds. The van der Waals surface area contributed by atoms with Gasteiger partial charge in [-0.2, -0.15) is 0 Å². The van der Waals surface area contributed by atoms with E-state index < -0.39 is 0 Å². The lowest BCUT2D eigenvalue weighted by Gasteiger charge is -2.26. The summed E-state index contributed by atoms with van der Waals surface area (Å²) < 4.78 is 2.05. The van der Waals surface area contributed by atoms with Gasteiger partial charge in [-0.15, -0.1) is 0 Å². The first kappa shape index (κ1) is 17.5. The first-order valence-corrected chi connectivity index (χ1v) is 7.97. The summed E-state index contributed by atoms with van der Waals surface area (Å²) in [5, 5.41) is 6.77. The van der Waals surface area contributed by atoms with Crippen molar-refractivity contribution in [1.82, 2.24) is 20.2 Å². The number of nitrogens with one attached hydrogen (secondary N) is 2. The average molecular weight is 293 g/mol. The van der Waals surface area contributed by atoms with Crippen molar-refractivity contribution in [3.8, 4) is 0 Å². The van der Waals surface area contributed by atoms with Gasteiger partial charge in [0.1, 0.15) is 0 Å². The van der Waals surface area contributed by atoms with Gasteiger partial charge in [-0.1, -0.05) is 40.0 Å². The fraction of sp³-hybridized carbons (Fsp3) is 0.750. The quantitative estimate of drug-likeness (QED) is 0.418. The molecule has 1 aromatic heterocycles. The van der Waals surface area contributed by atoms with Crippen LogP contribution < -0.4 is 10.6 Å². The second kappa shape index (κ2) is 9.42. The van der Waals surface area contributed by atoms with Gasteiger partial charge in [-0.3, -0.25) is 4.99 Å². The van der Waals surface area contributed by atoms with Crippen LogP contribution in [-0.4, -0.2) is 35.6 Å². The first-order chi connectivity index (χ1) is 10.1. The van der Waals surface area contributed by atoms with Crippen molar-refractivity contribution in [3.63, 3.8) is 0 Å². The van der Waals surface area contributed by atoms with Gasteiger partial charge in [0.05, 0.1) is 6.33 Å². The van der Waals surface area contributed by atoms with Crippen LogP contribution in [0.25, 0.3) is 0 Å². The number of aromatic nitrogens is 2. The Morgan fingerprint density at radius 2 is 2.10 bits per heavy atom. The van der Waals surface area contributed by atoms with Crippen molar-refractivity contribution in [3.05, 3.63) is 18.7 Å². The summed E-state index contributed by atoms with van der Waals surface area (Å²) in [5.41, 5.74) is 0.303. The van der Waals surface area contributed by atoms with Crippen molar-refractivity contribution < 1.29 is 0 Å². The molecule has 1 aromatic rings. The molecule has 1 heterocycles. The lowest BCUT2D eigenvalue weighted by atomic mass is 9.87. The monoisotopic (exact) mass is 293 g/mol. The zero-order chi connectivity index (χ0) is 15.6. The van der Waals surface area contributed by atoms with Crippen LogP contribution in [0.4, 0.5) is 0 Å². The van der Waals surface area contributed by atoms with Crippen LogP contribution in [0.15, 0.2) is 23.7 Å². The van der Waals surface area contributed by atoms with E-state index in [-0.39, 0.29) is 0 Å². The van der Waals surface area contributed by atoms with E-state index in [0.29, 0.717) is 5.41 Å². The minimum atomic E-state index is 0.303. The van der Waals surface area contributed by atoms with E-state index in [0.717, 1.165) is 25.6 Å². The number of imidazole rings is 1. The maximum absolute atomic E-state index is 4.28. The molecule has 21 heavy (non-hydrogen) atoms. The van der Waals surface area contributed by atoms with Gasteiger partial charge < -0.3 is 15.2 Å². The Kier molecular flexibility index (Phi) is 7.87. The standard InChI is InChI=1S/C16H31N5/c1-5-6-7-8-16(2,3)13-20-15(17-4)19-10-12-21-11-9-18-14-21/h9,11,14H,5-8,10,12-13H2,1-4H3,(H2,17,19,20). The Labute approximate surface area is 129 Å². The molecular formula is C16H31N5. The molecule has 5 heteroatoms. The summed E-state index contributed by atoms with van der Waals surface area (Å²) in [5.74, 6) is 0.874. The molecule has 0 saturated heterocycles. The molecule has 0 saturated carbocycles. The number of rotatable bonds is 9. The van der Waals surface area contributed by atoms with Crippen molar-refractivity contribution >= 4 is 5.96 Å². The number of aliphatic imine (C=N–C) groups is 1. The first-order valence-electron chi connectivity index (χ1n) is 7.97. The number of nitrogens with zero attached hydrogens (tertiary/aromatic N) is 3. The van der Waals surface area contributed by atoms with E-state index in [1.54, 1.807) is 6.20 Å². The normalized spacial score (nSPS) is 12.5. The second-order valence-corrected chi connectivity index (χ2v) is 6.27. The molecule has 0 aromatic carbocycles. The smallest absolute Gasteiger partial charge is 0.191 e. The van der Waals surface area contributed by atoms with Gasteiger partial charge >= 0.3 is 0 Å². The van der Waals surface area contributed by atoms with Crippen LogP contribution >= 0.6 is 0 Å². The van der Waals surface area contributed by atoms with Crippen LogP contribution in [0, 0.1) is 5.41 Å². The Morgan fingerprint density at radius 1 is 1.29 bits per heavy atom. The highest BCUT2D eigenvalue weighted by molar-refractivity contribution is 5.79. The summed E-state index contributed by atoms with van der Waals surface area (Å²) in [6.07, 6.45) is 10.7. The third-order valence-corrected chi connectivity index (χ3v) is 3.64. The predicted octanol–water partition coefficient (Wildman–Crippen LogP) is 2.65. The topological polar surface area (TPSA) is 54.2 Å². The molecule has 0 aliphatic heterocycles. The lowest BCUT2D eigenvalue weighted by molar-refractivity contribution is 0.318. The second-order valence-electron chi connectivity index (χ2n) is 6.27. The van der Waals surface area contributed by atoms with Gasteiger partial charge in [0.15, 0.2) is 5.96 Å². The zero-order valence-corrected chi connectivity index (χ0v) is 14.0. The Bertz CT molecular complexity index is 395. The fourth-order valence-electron chi connectivity index (χ4n) is 2.21. The van der Waals surface area contributed by atoms with Gasteiger partial charge in [0.2, 0.25) is 0 Å². The van der Waals surface area contributed by atoms with E-state index in [2.05, 4.69) is 45.9 Å². The van der Waals surface area contributed by atoms with Crippen LogP contribution in [0.3, 0.4) is 0 Å². The van der Waals surface area contributed by atoms with Crippen molar-refractivity contribution in [1.29, 1.82) is 0 Å². The SMILES string of the molecule is CCCCCC(C)(C)CNC(=NC)NCCn1ccnc1. The summed E-state index contributed by atoms with van der Waals surface area (Å²) in [6, 6.07) is 0. The molecule has 0 aliphatic carbocycles. The largest absolute Gasteiger partial charge is 0.356 e. The lowest BCUT2D eigenvalue weighted by Crippen LogP contribution is -2.43. The van der Waals surface area contributed by atoms with E-state index in [4.69, 9.17) is 0 Å². The highest BCUT2D eigenvalue weighted by Crippen LogP contribution is 2.22. The van der Waals surface area contributed by atoms with Gasteiger partial charge in [-0.05, 0) is 11.8 Å². The van der Waals surface area contributed by atoms with E-state index in [1.165, 1.54) is 25.7 Å². The fourth-order valence-corrected chi connectivity index (χ4v) is 2.21. The number of hydrogen-bond acceptors (Lipinski definition) is 2. The summed E-state index contributed by atoms with van der Waals surface area (Å²) in [4.78, 5) is 8.31. The molecule has 5 nitrogen and oxygen atoms in total. The molecule has 0 fully saturated rings. The molecule has 0 atom stereocenters. The van der Waals surface area contributed by atoms with Crippen LogP contribution in [0.1, 0.15) is 46.5 Å². The third-order valence-electron chi connectivity index (χ3n) is 3.64. The Balaban J connectivity index is 2.23. The third kappa shape index (κ3) is 7.73. The maximum atomic E-state index is 4.28. The molecule has 0 aliphatic rings. The summed E-state index contributed by atoms with van der Waals surface area (Å²) >= 11 is 0. The Morgan fingerprint density at radius 3 is 2.71 bits per heavy atom. The van der Waals surface area contributed by atoms with Crippen LogP contribution in [0.2, 0.25) is 0 Å². The Hall–Kier alpha value is -1.52. The van der Waals surface area contributed by atoms with E-state index >= 15 is 0 Å². The molecular weight excluding hydrogens is 262 g/mol. The van der Waals surface area contributed by atoms with Crippen LogP contribution in [-0.2, 0) is 6.54 Å². The van der Waals surface area contributed by atoms with Gasteiger partial charge in [0.25, 0.3) is 0 Å². The van der Waals surface area contributed by atoms with E-state index in [9.17, 15) is 0 Å². The molecule has 2 N–H and O–H groups in total. The average Bonchev–Trinajstić information content (AvgIpc) is 2.96. The number of guanidine groups is 1. The van der Waals surface area contributed by atoms with E-state index in [1.807, 2.05) is 19.6 Å². The van der Waals surface area contributed by atoms with Gasteiger partial charge in [-0.25, -0.2) is 4.98 Å². The molecule has 0 unspecified atom stereocenters. The predicted molar refractivity (Wildman–Crippen MR) is 89.5 cm³/mol. The number of unbranched alkanes of at least 4 members (excludes halogenated alkanes) is 2. The molecule has 0 radical (unpaired) electrons. The molecule has 0 spiro atoms. The maximum Gasteiger partial charge on any atom is 0.191 e. The van der Waals surface area contributed by atoms with Crippen molar-refractivity contribution in [2.45, 2.75) is 53.0 Å². The molecule has 1 rings (SSSR count). The summed E-state index contributed by atoms with van der Waals surface area (Å²) in [7, 11) is 1.82. The molecule has 120 valence electrons. The zero-order valence-electron chi connectivity index (χ0n) is 14.0. The minimum Gasteiger partial charge on any atom is -0.356 e. The van der Waals surface area contributed by atoms with Gasteiger partial charge in [0, 0.05) is 39.1 Å².